The van der Waals surface area contributed by atoms with Crippen molar-refractivity contribution in [2.75, 3.05) is 0 Å². The highest BCUT2D eigenvalue weighted by atomic mass is 32.1. The Labute approximate surface area is 224 Å². The molecule has 0 fully saturated rings. The molecule has 0 aliphatic carbocycles. The van der Waals surface area contributed by atoms with Crippen molar-refractivity contribution in [3.8, 4) is 5.75 Å². The average molecular weight is 521 g/mol. The lowest BCUT2D eigenvalue weighted by molar-refractivity contribution is -0.185. The number of aromatic nitrogens is 2. The first kappa shape index (κ1) is 24.0. The van der Waals surface area contributed by atoms with Gasteiger partial charge in [0.05, 0.1) is 17.3 Å². The van der Waals surface area contributed by atoms with Crippen molar-refractivity contribution < 1.29 is 19.4 Å². The summed E-state index contributed by atoms with van der Waals surface area (Å²) >= 11 is 1.12. The molecule has 0 saturated carbocycles. The quantitative estimate of drug-likeness (QED) is 0.266. The number of benzene rings is 4. The Morgan fingerprint density at radius 2 is 1.61 bits per heavy atom. The van der Waals surface area contributed by atoms with Gasteiger partial charge in [-0.2, -0.15) is 8.75 Å². The van der Waals surface area contributed by atoms with Crippen molar-refractivity contribution in [2.45, 2.75) is 25.7 Å². The zero-order valence-electron chi connectivity index (χ0n) is 20.6. The summed E-state index contributed by atoms with van der Waals surface area (Å²) in [5.74, 6) is -1.73. The summed E-state index contributed by atoms with van der Waals surface area (Å²) in [5.41, 5.74) is 6.44. The van der Waals surface area contributed by atoms with Gasteiger partial charge in [-0.25, -0.2) is 4.79 Å². The van der Waals surface area contributed by atoms with E-state index in [4.69, 9.17) is 9.47 Å². The van der Waals surface area contributed by atoms with Crippen molar-refractivity contribution >= 4 is 34.3 Å². The Balaban J connectivity index is 1.36. The third-order valence-electron chi connectivity index (χ3n) is 6.69. The first-order valence-corrected chi connectivity index (χ1v) is 13.0. The molecule has 188 valence electrons. The lowest BCUT2D eigenvalue weighted by Crippen LogP contribution is -2.29. The molecule has 0 saturated heterocycles. The molecule has 1 aliphatic rings. The fourth-order valence-corrected chi connectivity index (χ4v) is 5.16. The van der Waals surface area contributed by atoms with Crippen LogP contribution in [0.2, 0.25) is 0 Å². The third-order valence-corrected chi connectivity index (χ3v) is 7.25. The number of nitrogens with zero attached hydrogens (tertiary/aromatic N) is 2. The van der Waals surface area contributed by atoms with E-state index < -0.39 is 11.8 Å². The summed E-state index contributed by atoms with van der Waals surface area (Å²) in [5, 5.41) is 11.9. The molecule has 0 spiro atoms. The minimum absolute atomic E-state index is 0.303. The zero-order chi connectivity index (χ0) is 26.1. The second-order valence-corrected chi connectivity index (χ2v) is 9.84. The predicted molar refractivity (Wildman–Crippen MR) is 146 cm³/mol. The lowest BCUT2D eigenvalue weighted by atomic mass is 9.88. The van der Waals surface area contributed by atoms with Crippen LogP contribution in [-0.2, 0) is 28.3 Å². The molecule has 5 aromatic rings. The van der Waals surface area contributed by atoms with Crippen LogP contribution in [0.3, 0.4) is 0 Å². The highest BCUT2D eigenvalue weighted by Gasteiger charge is 2.48. The van der Waals surface area contributed by atoms with Gasteiger partial charge in [0.1, 0.15) is 23.4 Å². The second kappa shape index (κ2) is 9.85. The van der Waals surface area contributed by atoms with Crippen LogP contribution >= 0.6 is 11.7 Å². The Bertz CT molecular complexity index is 1640. The highest BCUT2D eigenvalue weighted by molar-refractivity contribution is 7.00. The Morgan fingerprint density at radius 1 is 0.868 bits per heavy atom. The van der Waals surface area contributed by atoms with E-state index in [1.54, 1.807) is 12.1 Å². The van der Waals surface area contributed by atoms with Gasteiger partial charge in [0.15, 0.2) is 0 Å². The van der Waals surface area contributed by atoms with Gasteiger partial charge in [-0.05, 0) is 47.9 Å². The number of ether oxygens (including phenoxy) is 2. The minimum atomic E-state index is -1.89. The number of carbonyl (C=O) groups excluding carboxylic acids is 1. The number of esters is 1. The number of hydrogen-bond acceptors (Lipinski definition) is 7. The minimum Gasteiger partial charge on any atom is -0.489 e. The van der Waals surface area contributed by atoms with Gasteiger partial charge in [-0.15, -0.1) is 0 Å². The molecule has 38 heavy (non-hydrogen) atoms. The van der Waals surface area contributed by atoms with E-state index >= 15 is 0 Å². The highest BCUT2D eigenvalue weighted by Crippen LogP contribution is 2.45. The number of rotatable bonds is 7. The van der Waals surface area contributed by atoms with Crippen LogP contribution in [0.1, 0.15) is 27.8 Å². The first-order valence-electron chi connectivity index (χ1n) is 12.2. The van der Waals surface area contributed by atoms with E-state index in [2.05, 4.69) is 8.75 Å². The smallest absolute Gasteiger partial charge is 0.342 e. The van der Waals surface area contributed by atoms with E-state index in [1.165, 1.54) is 0 Å². The molecule has 7 heteroatoms. The number of aliphatic hydroxyl groups is 1. The standard InChI is InChI=1S/C31H24N2O4S/c1-20-7-12-24(13-8-20)31(35)26(29(30(34)37-31)23-11-16-27-28(18-23)33-38-32-27)17-21-9-14-25(15-10-21)36-19-22-5-3-2-4-6-22/h2-16,18,35H,17,19H2,1H3. The van der Waals surface area contributed by atoms with E-state index in [1.807, 2.05) is 91.9 Å². The van der Waals surface area contributed by atoms with Crippen LogP contribution < -0.4 is 4.74 Å². The maximum Gasteiger partial charge on any atom is 0.342 e. The Kier molecular flexibility index (Phi) is 6.23. The van der Waals surface area contributed by atoms with E-state index in [9.17, 15) is 9.90 Å². The van der Waals surface area contributed by atoms with Crippen molar-refractivity contribution in [3.05, 3.63) is 130 Å². The monoisotopic (exact) mass is 520 g/mol. The molecule has 1 aliphatic heterocycles. The number of carbonyl (C=O) groups is 1. The lowest BCUT2D eigenvalue weighted by Gasteiger charge is -2.26. The van der Waals surface area contributed by atoms with Gasteiger partial charge in [-0.3, -0.25) is 0 Å². The van der Waals surface area contributed by atoms with Crippen LogP contribution in [0.15, 0.2) is 103 Å². The van der Waals surface area contributed by atoms with Crippen LogP contribution in [0.4, 0.5) is 0 Å². The fraction of sp³-hybridized carbons (Fsp3) is 0.129. The van der Waals surface area contributed by atoms with Gasteiger partial charge >= 0.3 is 5.97 Å². The fourth-order valence-electron chi connectivity index (χ4n) is 4.64. The molecular formula is C31H24N2O4S. The third kappa shape index (κ3) is 4.58. The van der Waals surface area contributed by atoms with Crippen LogP contribution in [0, 0.1) is 6.92 Å². The first-order chi connectivity index (χ1) is 18.5. The predicted octanol–water partition coefficient (Wildman–Crippen LogP) is 5.98. The van der Waals surface area contributed by atoms with Crippen LogP contribution in [0.5, 0.6) is 5.75 Å². The van der Waals surface area contributed by atoms with Crippen molar-refractivity contribution in [2.24, 2.45) is 0 Å². The molecule has 0 radical (unpaired) electrons. The molecule has 4 aromatic carbocycles. The molecule has 0 bridgehead atoms. The van der Waals surface area contributed by atoms with E-state index in [0.717, 1.165) is 39.7 Å². The Morgan fingerprint density at radius 3 is 2.37 bits per heavy atom. The molecule has 6 rings (SSSR count). The second-order valence-electron chi connectivity index (χ2n) is 9.32. The van der Waals surface area contributed by atoms with E-state index in [-0.39, 0.29) is 0 Å². The topological polar surface area (TPSA) is 81.5 Å². The van der Waals surface area contributed by atoms with Gasteiger partial charge in [0, 0.05) is 17.6 Å². The maximum atomic E-state index is 13.3. The summed E-state index contributed by atoms with van der Waals surface area (Å²) in [4.78, 5) is 13.3. The summed E-state index contributed by atoms with van der Waals surface area (Å²) in [6, 6.07) is 30.5. The molecule has 2 heterocycles. The molecular weight excluding hydrogens is 496 g/mol. The van der Waals surface area contributed by atoms with Gasteiger partial charge in [-0.1, -0.05) is 78.4 Å². The molecule has 6 nitrogen and oxygen atoms in total. The SMILES string of the molecule is Cc1ccc(C2(O)OC(=O)C(c3ccc4nsnc4c3)=C2Cc2ccc(OCc3ccccc3)cc2)cc1. The van der Waals surface area contributed by atoms with Crippen LogP contribution in [-0.4, -0.2) is 19.8 Å². The van der Waals surface area contributed by atoms with Crippen molar-refractivity contribution in [1.29, 1.82) is 0 Å². The van der Waals surface area contributed by atoms with Gasteiger partial charge < -0.3 is 14.6 Å². The zero-order valence-corrected chi connectivity index (χ0v) is 21.4. The maximum absolute atomic E-state index is 13.3. The molecule has 1 unspecified atom stereocenters. The molecule has 0 amide bonds. The number of hydrogen-bond donors (Lipinski definition) is 1. The number of cyclic esters (lactones) is 1. The van der Waals surface area contributed by atoms with E-state index in [0.29, 0.717) is 40.8 Å². The van der Waals surface area contributed by atoms with Crippen molar-refractivity contribution in [1.82, 2.24) is 8.75 Å². The largest absolute Gasteiger partial charge is 0.489 e. The van der Waals surface area contributed by atoms with Crippen molar-refractivity contribution in [3.63, 3.8) is 0 Å². The summed E-state index contributed by atoms with van der Waals surface area (Å²) in [7, 11) is 0. The molecule has 1 atom stereocenters. The number of fused-ring (bicyclic) bond motifs is 1. The summed E-state index contributed by atoms with van der Waals surface area (Å²) in [6.45, 7) is 2.44. The Hall–Kier alpha value is -4.33. The molecule has 1 aromatic heterocycles. The van der Waals surface area contributed by atoms with Gasteiger partial charge in [0.2, 0.25) is 0 Å². The summed E-state index contributed by atoms with van der Waals surface area (Å²) in [6.07, 6.45) is 0.303. The normalized spacial score (nSPS) is 17.2. The van der Waals surface area contributed by atoms with Gasteiger partial charge in [0.25, 0.3) is 5.79 Å². The number of aryl methyl sites for hydroxylation is 1. The summed E-state index contributed by atoms with van der Waals surface area (Å²) < 4.78 is 20.2. The van der Waals surface area contributed by atoms with Crippen LogP contribution in [0.25, 0.3) is 16.6 Å². The molecule has 1 N–H and O–H groups in total. The average Bonchev–Trinajstić information content (AvgIpc) is 3.50.